The van der Waals surface area contributed by atoms with Crippen LogP contribution >= 0.6 is 11.6 Å². The van der Waals surface area contributed by atoms with E-state index in [4.69, 9.17) is 21.1 Å². The molecular formula is C27H25ClN2O3. The van der Waals surface area contributed by atoms with Gasteiger partial charge in [0.1, 0.15) is 18.2 Å². The van der Waals surface area contributed by atoms with E-state index >= 15 is 0 Å². The van der Waals surface area contributed by atoms with Gasteiger partial charge in [-0.3, -0.25) is 9.69 Å². The Morgan fingerprint density at radius 2 is 1.79 bits per heavy atom. The minimum atomic E-state index is -0.0947. The number of Topliss-reactive ketones (excluding diaryl/α,β-unsaturated/α-hetero) is 1. The lowest BCUT2D eigenvalue weighted by Crippen LogP contribution is -2.33. The molecule has 0 saturated heterocycles. The summed E-state index contributed by atoms with van der Waals surface area (Å²) >= 11 is 5.99. The first kappa shape index (κ1) is 21.6. The summed E-state index contributed by atoms with van der Waals surface area (Å²) in [5.74, 6) is 1.64. The number of allylic oxidation sites excluding steroid dienone is 1. The Balaban J connectivity index is 1.33. The number of benzene rings is 3. The second-order valence-electron chi connectivity index (χ2n) is 8.55. The number of carbonyl (C=O) groups excluding carboxylic acids is 1. The first-order valence-corrected chi connectivity index (χ1v) is 11.3. The van der Waals surface area contributed by atoms with Crippen LogP contribution in [-0.2, 0) is 13.0 Å². The smallest absolute Gasteiger partial charge is 0.231 e. The summed E-state index contributed by atoms with van der Waals surface area (Å²) in [6, 6.07) is 19.6. The molecule has 6 heteroatoms. The van der Waals surface area contributed by atoms with Crippen molar-refractivity contribution in [2.45, 2.75) is 13.0 Å². The molecule has 0 atom stereocenters. The molecule has 2 heterocycles. The lowest BCUT2D eigenvalue weighted by molar-refractivity contribution is 0.0950. The minimum Gasteiger partial charge on any atom is -0.478 e. The van der Waals surface area contributed by atoms with Crippen LogP contribution < -0.4 is 14.4 Å². The van der Waals surface area contributed by atoms with Crippen LogP contribution in [-0.4, -0.2) is 38.1 Å². The highest BCUT2D eigenvalue weighted by atomic mass is 35.5. The van der Waals surface area contributed by atoms with Crippen LogP contribution in [0, 0.1) is 0 Å². The van der Waals surface area contributed by atoms with Crippen LogP contribution in [0.1, 0.15) is 27.0 Å². The van der Waals surface area contributed by atoms with E-state index in [1.807, 2.05) is 73.6 Å². The monoisotopic (exact) mass is 460 g/mol. The van der Waals surface area contributed by atoms with Crippen LogP contribution in [0.5, 0.6) is 11.5 Å². The van der Waals surface area contributed by atoms with Gasteiger partial charge >= 0.3 is 0 Å². The highest BCUT2D eigenvalue weighted by Crippen LogP contribution is 2.42. The van der Waals surface area contributed by atoms with Crippen molar-refractivity contribution in [2.75, 3.05) is 32.3 Å². The van der Waals surface area contributed by atoms with Gasteiger partial charge in [0.15, 0.2) is 5.76 Å². The van der Waals surface area contributed by atoms with Gasteiger partial charge < -0.3 is 14.4 Å². The number of ether oxygens (including phenoxy) is 2. The quantitative estimate of drug-likeness (QED) is 0.476. The molecule has 168 valence electrons. The van der Waals surface area contributed by atoms with Gasteiger partial charge in [-0.2, -0.15) is 0 Å². The van der Waals surface area contributed by atoms with Gasteiger partial charge in [-0.1, -0.05) is 35.9 Å². The molecule has 0 unspecified atom stereocenters. The van der Waals surface area contributed by atoms with Crippen molar-refractivity contribution in [1.82, 2.24) is 4.90 Å². The normalized spacial score (nSPS) is 16.2. The van der Waals surface area contributed by atoms with Crippen molar-refractivity contribution >= 4 is 29.1 Å². The van der Waals surface area contributed by atoms with E-state index in [0.717, 1.165) is 40.6 Å². The third kappa shape index (κ3) is 4.47. The Hall–Kier alpha value is -3.28. The number of nitrogens with zero attached hydrogens (tertiary/aromatic N) is 2. The molecule has 0 radical (unpaired) electrons. The lowest BCUT2D eigenvalue weighted by atomic mass is 10.0. The largest absolute Gasteiger partial charge is 0.478 e. The van der Waals surface area contributed by atoms with Crippen LogP contribution in [0.4, 0.5) is 5.69 Å². The van der Waals surface area contributed by atoms with E-state index in [0.29, 0.717) is 30.3 Å². The summed E-state index contributed by atoms with van der Waals surface area (Å²) in [5, 5.41) is 0.740. The number of ketones is 1. The summed E-state index contributed by atoms with van der Waals surface area (Å²) in [6.45, 7) is 2.01. The SMILES string of the molecule is CN(C)c1ccc(/C=C2\Oc3c(ccc4c3CN(CCc3ccc(Cl)cc3)CO4)C2=O)cc1. The average molecular weight is 461 g/mol. The molecule has 0 spiro atoms. The predicted molar refractivity (Wildman–Crippen MR) is 131 cm³/mol. The fourth-order valence-electron chi connectivity index (χ4n) is 4.11. The molecule has 2 aliphatic rings. The van der Waals surface area contributed by atoms with Crippen molar-refractivity contribution in [3.63, 3.8) is 0 Å². The number of hydrogen-bond donors (Lipinski definition) is 0. The zero-order chi connectivity index (χ0) is 22.9. The van der Waals surface area contributed by atoms with Crippen molar-refractivity contribution in [3.8, 4) is 11.5 Å². The van der Waals surface area contributed by atoms with Crippen LogP contribution in [0.3, 0.4) is 0 Å². The van der Waals surface area contributed by atoms with Gasteiger partial charge in [0.05, 0.1) is 11.1 Å². The van der Waals surface area contributed by atoms with E-state index in [9.17, 15) is 4.79 Å². The Kier molecular flexibility index (Phi) is 5.83. The highest BCUT2D eigenvalue weighted by Gasteiger charge is 2.33. The van der Waals surface area contributed by atoms with Gasteiger partial charge in [0.25, 0.3) is 0 Å². The molecule has 3 aromatic carbocycles. The molecule has 0 N–H and O–H groups in total. The second-order valence-corrected chi connectivity index (χ2v) is 8.98. The Labute approximate surface area is 198 Å². The van der Waals surface area contributed by atoms with E-state index in [-0.39, 0.29) is 5.78 Å². The third-order valence-corrected chi connectivity index (χ3v) is 6.27. The maximum atomic E-state index is 13.0. The Morgan fingerprint density at radius 1 is 1.03 bits per heavy atom. The van der Waals surface area contributed by atoms with Gasteiger partial charge in [-0.15, -0.1) is 0 Å². The minimum absolute atomic E-state index is 0.0947. The van der Waals surface area contributed by atoms with Crippen molar-refractivity contribution in [1.29, 1.82) is 0 Å². The number of hydrogen-bond acceptors (Lipinski definition) is 5. The van der Waals surface area contributed by atoms with Crippen molar-refractivity contribution in [3.05, 3.63) is 93.7 Å². The molecule has 0 aliphatic carbocycles. The van der Waals surface area contributed by atoms with Crippen molar-refractivity contribution < 1.29 is 14.3 Å². The van der Waals surface area contributed by atoms with E-state index < -0.39 is 0 Å². The number of anilines is 1. The first-order valence-electron chi connectivity index (χ1n) is 10.9. The molecule has 2 aliphatic heterocycles. The third-order valence-electron chi connectivity index (χ3n) is 6.02. The summed E-state index contributed by atoms with van der Waals surface area (Å²) in [7, 11) is 4.00. The molecule has 33 heavy (non-hydrogen) atoms. The molecule has 5 rings (SSSR count). The summed E-state index contributed by atoms with van der Waals surface area (Å²) < 4.78 is 12.1. The van der Waals surface area contributed by atoms with Gasteiger partial charge in [0, 0.05) is 37.9 Å². The number of fused-ring (bicyclic) bond motifs is 3. The molecule has 3 aromatic rings. The van der Waals surface area contributed by atoms with Gasteiger partial charge in [0.2, 0.25) is 5.78 Å². The number of rotatable bonds is 5. The standard InChI is InChI=1S/C27H25ClN2O3/c1-29(2)21-9-5-19(6-10-21)15-25-26(31)22-11-12-24-23(27(22)33-25)16-30(17-32-24)14-13-18-3-7-20(28)8-4-18/h3-12,15H,13-14,16-17H2,1-2H3/b25-15-. The average Bonchev–Trinajstić information content (AvgIpc) is 3.14. The Morgan fingerprint density at radius 3 is 2.52 bits per heavy atom. The lowest BCUT2D eigenvalue weighted by Gasteiger charge is -2.29. The zero-order valence-electron chi connectivity index (χ0n) is 18.7. The maximum Gasteiger partial charge on any atom is 0.231 e. The predicted octanol–water partition coefficient (Wildman–Crippen LogP) is 5.42. The summed E-state index contributed by atoms with van der Waals surface area (Å²) in [6.07, 6.45) is 2.69. The topological polar surface area (TPSA) is 42.0 Å². The second kappa shape index (κ2) is 8.93. The summed E-state index contributed by atoms with van der Waals surface area (Å²) in [5.41, 5.74) is 4.76. The number of halogens is 1. The first-order chi connectivity index (χ1) is 16.0. The van der Waals surface area contributed by atoms with Crippen LogP contribution in [0.15, 0.2) is 66.4 Å². The highest BCUT2D eigenvalue weighted by molar-refractivity contribution is 6.30. The van der Waals surface area contributed by atoms with Crippen LogP contribution in [0.25, 0.3) is 6.08 Å². The molecule has 0 aromatic heterocycles. The Bertz CT molecular complexity index is 1220. The van der Waals surface area contributed by atoms with E-state index in [1.165, 1.54) is 5.56 Å². The summed E-state index contributed by atoms with van der Waals surface area (Å²) in [4.78, 5) is 17.3. The molecule has 0 fully saturated rings. The van der Waals surface area contributed by atoms with Gasteiger partial charge in [-0.25, -0.2) is 0 Å². The maximum absolute atomic E-state index is 13.0. The molecule has 0 bridgehead atoms. The molecule has 0 amide bonds. The van der Waals surface area contributed by atoms with E-state index in [2.05, 4.69) is 4.90 Å². The van der Waals surface area contributed by atoms with Gasteiger partial charge in [-0.05, 0) is 60.0 Å². The fraction of sp³-hybridized carbons (Fsp3) is 0.222. The van der Waals surface area contributed by atoms with Crippen LogP contribution in [0.2, 0.25) is 5.02 Å². The zero-order valence-corrected chi connectivity index (χ0v) is 19.4. The molecule has 0 saturated carbocycles. The van der Waals surface area contributed by atoms with E-state index in [1.54, 1.807) is 12.1 Å². The fourth-order valence-corrected chi connectivity index (χ4v) is 4.23. The molecular weight excluding hydrogens is 436 g/mol. The molecule has 5 nitrogen and oxygen atoms in total. The van der Waals surface area contributed by atoms with Crippen molar-refractivity contribution in [2.24, 2.45) is 0 Å². The number of carbonyl (C=O) groups is 1.